The van der Waals surface area contributed by atoms with Crippen molar-refractivity contribution < 1.29 is 68.8 Å². The number of nitrogens with one attached hydrogen (secondary N) is 3. The molecule has 0 aliphatic carbocycles. The van der Waals surface area contributed by atoms with E-state index in [0.29, 0.717) is 12.8 Å². The van der Waals surface area contributed by atoms with Gasteiger partial charge in [0.2, 0.25) is 23.6 Å². The molecule has 0 aromatic heterocycles. The molecule has 0 unspecified atom stereocenters. The van der Waals surface area contributed by atoms with Gasteiger partial charge in [0, 0.05) is 46.1 Å². The zero-order valence-electron chi connectivity index (χ0n) is 27.6. The molecule has 0 saturated carbocycles. The van der Waals surface area contributed by atoms with E-state index >= 15 is 0 Å². The Morgan fingerprint density at radius 1 is 0.688 bits per heavy atom. The zero-order chi connectivity index (χ0) is 35.5. The van der Waals surface area contributed by atoms with Crippen LogP contribution in [0.2, 0.25) is 0 Å². The summed E-state index contributed by atoms with van der Waals surface area (Å²) in [6.45, 7) is 2.98. The molecule has 3 aliphatic heterocycles. The molecule has 0 radical (unpaired) electrons. The molecule has 3 fully saturated rings. The fraction of sp³-hybridized carbons (Fsp3) is 0.867. The van der Waals surface area contributed by atoms with Gasteiger partial charge in [-0.25, -0.2) is 0 Å². The van der Waals surface area contributed by atoms with Gasteiger partial charge < -0.3 is 70.4 Å². The number of hydrogen-bond donors (Lipinski definition) is 9. The van der Waals surface area contributed by atoms with Crippen LogP contribution in [0.1, 0.15) is 46.0 Å². The molecular weight excluding hydrogens is 640 g/mol. The summed E-state index contributed by atoms with van der Waals surface area (Å²) in [6, 6.07) is 0. The van der Waals surface area contributed by atoms with Gasteiger partial charge in [-0.2, -0.15) is 0 Å². The highest BCUT2D eigenvalue weighted by molar-refractivity contribution is 5.85. The summed E-state index contributed by atoms with van der Waals surface area (Å²) >= 11 is 0. The molecule has 3 saturated heterocycles. The lowest BCUT2D eigenvalue weighted by Gasteiger charge is -2.39. The van der Waals surface area contributed by atoms with E-state index in [1.54, 1.807) is 0 Å². The molecule has 276 valence electrons. The Balaban J connectivity index is 1.52. The summed E-state index contributed by atoms with van der Waals surface area (Å²) < 4.78 is 21.7. The lowest BCUT2D eigenvalue weighted by molar-refractivity contribution is -0.292. The van der Waals surface area contributed by atoms with Crippen LogP contribution in [0.25, 0.3) is 0 Å². The third-order valence-electron chi connectivity index (χ3n) is 8.85. The van der Waals surface area contributed by atoms with Crippen molar-refractivity contribution in [3.8, 4) is 0 Å². The Kier molecular flexibility index (Phi) is 15.8. The number of ether oxygens (including phenoxy) is 4. The Hall–Kier alpha value is -2.52. The fourth-order valence-corrected chi connectivity index (χ4v) is 5.82. The van der Waals surface area contributed by atoms with Gasteiger partial charge in [-0.15, -0.1) is 0 Å². The van der Waals surface area contributed by atoms with Crippen molar-refractivity contribution in [2.45, 2.75) is 107 Å². The predicted octanol–water partition coefficient (Wildman–Crippen LogP) is -4.32. The Labute approximate surface area is 279 Å². The van der Waals surface area contributed by atoms with Gasteiger partial charge in [0.05, 0.1) is 37.3 Å². The highest BCUT2D eigenvalue weighted by Gasteiger charge is 2.43. The van der Waals surface area contributed by atoms with Crippen LogP contribution in [0.3, 0.4) is 0 Å². The van der Waals surface area contributed by atoms with Crippen molar-refractivity contribution in [3.05, 3.63) is 0 Å². The van der Waals surface area contributed by atoms with E-state index in [9.17, 15) is 49.8 Å². The molecule has 4 amide bonds. The molecule has 0 bridgehead atoms. The monoisotopic (exact) mass is 692 g/mol. The van der Waals surface area contributed by atoms with E-state index in [2.05, 4.69) is 16.0 Å². The first-order valence-electron chi connectivity index (χ1n) is 16.4. The van der Waals surface area contributed by atoms with Crippen molar-refractivity contribution in [1.82, 2.24) is 20.9 Å². The largest absolute Gasteiger partial charge is 0.388 e. The van der Waals surface area contributed by atoms with Crippen LogP contribution in [-0.4, -0.2) is 167 Å². The minimum atomic E-state index is -1.49. The van der Waals surface area contributed by atoms with Crippen LogP contribution in [0.15, 0.2) is 0 Å². The quantitative estimate of drug-likeness (QED) is 0.0736. The second kappa shape index (κ2) is 19.0. The molecule has 3 rings (SSSR count). The first-order valence-corrected chi connectivity index (χ1v) is 16.4. The van der Waals surface area contributed by atoms with Gasteiger partial charge in [0.1, 0.15) is 36.6 Å². The second-order valence-electron chi connectivity index (χ2n) is 12.5. The number of aliphatic hydroxyl groups is 6. The number of likely N-dealkylation sites (tertiary alicyclic amines) is 1. The number of amides is 4. The standard InChI is InChI=1S/C30H52N4O14/c1-15-21(37)23(39)25(41)29(47-15)45-10-8-32-27(43)17-12-18(14-34(13-17)20(36)7-5-4-6-19(35)31-3)28(44)33-9-11-46-30-26(42)24(40)22(38)16(2)48-30/h15-18,21-26,29-30,37-42H,4-14H2,1-3H3,(H,31,35)(H,32,43)(H,33,44)/t15-,16-,17-,18+,21+,22+,23+,24+,25-,26-,29+,30+/m0/s1. The smallest absolute Gasteiger partial charge is 0.225 e. The second-order valence-corrected chi connectivity index (χ2v) is 12.5. The Morgan fingerprint density at radius 2 is 1.12 bits per heavy atom. The van der Waals surface area contributed by atoms with E-state index in [0.717, 1.165) is 0 Å². The molecule has 0 aromatic carbocycles. The first-order chi connectivity index (χ1) is 22.7. The van der Waals surface area contributed by atoms with Crippen LogP contribution < -0.4 is 16.0 Å². The molecular formula is C30H52N4O14. The summed E-state index contributed by atoms with van der Waals surface area (Å²) in [5.74, 6) is -2.73. The molecule has 3 heterocycles. The number of carbonyl (C=O) groups is 4. The van der Waals surface area contributed by atoms with Crippen molar-refractivity contribution in [1.29, 1.82) is 0 Å². The summed E-state index contributed by atoms with van der Waals surface area (Å²) in [7, 11) is 1.53. The Morgan fingerprint density at radius 3 is 1.56 bits per heavy atom. The molecule has 18 heteroatoms. The number of aliphatic hydroxyl groups excluding tert-OH is 6. The molecule has 12 atom stereocenters. The topological polar surface area (TPSA) is 266 Å². The van der Waals surface area contributed by atoms with Gasteiger partial charge in [-0.05, 0) is 33.1 Å². The molecule has 18 nitrogen and oxygen atoms in total. The van der Waals surface area contributed by atoms with Crippen LogP contribution in [0.5, 0.6) is 0 Å². The van der Waals surface area contributed by atoms with Crippen molar-refractivity contribution in [2.24, 2.45) is 11.8 Å². The average Bonchev–Trinajstić information content (AvgIpc) is 3.08. The van der Waals surface area contributed by atoms with Crippen LogP contribution >= 0.6 is 0 Å². The van der Waals surface area contributed by atoms with Gasteiger partial charge in [-0.1, -0.05) is 0 Å². The molecule has 48 heavy (non-hydrogen) atoms. The first kappa shape index (κ1) is 39.9. The fourth-order valence-electron chi connectivity index (χ4n) is 5.82. The zero-order valence-corrected chi connectivity index (χ0v) is 27.6. The number of piperidine rings is 1. The third-order valence-corrected chi connectivity index (χ3v) is 8.85. The highest BCUT2D eigenvalue weighted by atomic mass is 16.7. The van der Waals surface area contributed by atoms with Gasteiger partial charge in [0.15, 0.2) is 12.6 Å². The van der Waals surface area contributed by atoms with Crippen molar-refractivity contribution in [3.63, 3.8) is 0 Å². The number of unbranched alkanes of at least 4 members (excludes halogenated alkanes) is 1. The minimum Gasteiger partial charge on any atom is -0.388 e. The summed E-state index contributed by atoms with van der Waals surface area (Å²) in [5.41, 5.74) is 0. The SMILES string of the molecule is CNC(=O)CCCCC(=O)N1C[C@H](C(=O)NCCO[C@@H]2O[C@@H](C)[C@@H](O)[C@@H](O)[C@@H]2O)C[C@H](C(=O)NCCO[C@@H]2O[C@@H](C)[C@@H](O)[C@@H](O)[C@@H]2O)C1. The summed E-state index contributed by atoms with van der Waals surface area (Å²) in [5, 5.41) is 67.8. The summed E-state index contributed by atoms with van der Waals surface area (Å²) in [6.07, 6.45) is -11.0. The van der Waals surface area contributed by atoms with Crippen LogP contribution in [0.4, 0.5) is 0 Å². The maximum Gasteiger partial charge on any atom is 0.225 e. The predicted molar refractivity (Wildman–Crippen MR) is 163 cm³/mol. The van der Waals surface area contributed by atoms with E-state index in [4.69, 9.17) is 18.9 Å². The Bertz CT molecular complexity index is 1010. The summed E-state index contributed by atoms with van der Waals surface area (Å²) in [4.78, 5) is 52.4. The molecule has 0 spiro atoms. The number of hydrogen-bond acceptors (Lipinski definition) is 14. The van der Waals surface area contributed by atoms with Gasteiger partial charge >= 0.3 is 0 Å². The lowest BCUT2D eigenvalue weighted by Crippen LogP contribution is -2.57. The average molecular weight is 693 g/mol. The van der Waals surface area contributed by atoms with Crippen LogP contribution in [-0.2, 0) is 38.1 Å². The van der Waals surface area contributed by atoms with E-state index in [-0.39, 0.29) is 70.5 Å². The number of carbonyl (C=O) groups excluding carboxylic acids is 4. The molecule has 3 aliphatic rings. The maximum atomic E-state index is 13.2. The minimum absolute atomic E-state index is 0.00395. The van der Waals surface area contributed by atoms with Crippen LogP contribution in [0, 0.1) is 11.8 Å². The molecule has 9 N–H and O–H groups in total. The van der Waals surface area contributed by atoms with Gasteiger partial charge in [0.25, 0.3) is 0 Å². The lowest BCUT2D eigenvalue weighted by atomic mass is 9.87. The van der Waals surface area contributed by atoms with Crippen molar-refractivity contribution >= 4 is 23.6 Å². The maximum absolute atomic E-state index is 13.2. The van der Waals surface area contributed by atoms with E-state index < -0.39 is 85.1 Å². The van der Waals surface area contributed by atoms with Crippen molar-refractivity contribution in [2.75, 3.05) is 46.4 Å². The normalized spacial score (nSPS) is 35.5. The van der Waals surface area contributed by atoms with Gasteiger partial charge in [-0.3, -0.25) is 19.2 Å². The number of rotatable bonds is 15. The molecule has 0 aromatic rings. The highest BCUT2D eigenvalue weighted by Crippen LogP contribution is 2.25. The number of nitrogens with zero attached hydrogens (tertiary/aromatic N) is 1. The van der Waals surface area contributed by atoms with E-state index in [1.165, 1.54) is 25.8 Å². The third kappa shape index (κ3) is 11.0. The van der Waals surface area contributed by atoms with E-state index in [1.807, 2.05) is 0 Å².